The third kappa shape index (κ3) is 5.09. The number of nitrogens with one attached hydrogen (secondary N) is 2. The lowest BCUT2D eigenvalue weighted by atomic mass is 10.1. The molecule has 0 aliphatic carbocycles. The number of carbonyl (C=O) groups excluding carboxylic acids is 1. The second kappa shape index (κ2) is 7.82. The smallest absolute Gasteiger partial charge is 0.221 e. The molecular weight excluding hydrogens is 335 g/mol. The number of carbonyl (C=O) groups is 1. The monoisotopic (exact) mass is 350 g/mol. The molecule has 2 N–H and O–H groups in total. The van der Waals surface area contributed by atoms with Crippen LogP contribution in [0.2, 0.25) is 0 Å². The van der Waals surface area contributed by atoms with E-state index in [1.165, 1.54) is 6.07 Å². The number of hydrogen-bond donors (Lipinski definition) is 2. The summed E-state index contributed by atoms with van der Waals surface area (Å²) in [4.78, 5) is 11.7. The molecule has 1 aromatic carbocycles. The van der Waals surface area contributed by atoms with Crippen LogP contribution in [0.15, 0.2) is 22.7 Å². The Bertz CT molecular complexity index is 439. The fourth-order valence-electron chi connectivity index (χ4n) is 2.08. The molecule has 0 aromatic heterocycles. The second-order valence-corrected chi connectivity index (χ2v) is 5.38. The number of hydrogen-bond acceptors (Lipinski definition) is 2. The first kappa shape index (κ1) is 16.4. The average Bonchev–Trinajstić information content (AvgIpc) is 2.83. The van der Waals surface area contributed by atoms with Gasteiger partial charge in [0.05, 0.1) is 4.47 Å². The van der Waals surface area contributed by atoms with Gasteiger partial charge in [0.25, 0.3) is 0 Å². The van der Waals surface area contributed by atoms with Crippen LogP contribution in [0.5, 0.6) is 0 Å². The fourth-order valence-corrected chi connectivity index (χ4v) is 2.32. The van der Waals surface area contributed by atoms with Gasteiger partial charge in [-0.3, -0.25) is 4.79 Å². The van der Waals surface area contributed by atoms with Crippen molar-refractivity contribution in [3.05, 3.63) is 34.1 Å². The molecule has 19 heavy (non-hydrogen) atoms. The number of halogens is 3. The minimum Gasteiger partial charge on any atom is -0.352 e. The van der Waals surface area contributed by atoms with Crippen LogP contribution in [-0.4, -0.2) is 18.5 Å². The van der Waals surface area contributed by atoms with Crippen molar-refractivity contribution in [3.8, 4) is 0 Å². The fraction of sp³-hybridized carbons (Fsp3) is 0.462. The minimum absolute atomic E-state index is 0. The van der Waals surface area contributed by atoms with Gasteiger partial charge < -0.3 is 10.6 Å². The highest BCUT2D eigenvalue weighted by molar-refractivity contribution is 9.10. The highest BCUT2D eigenvalue weighted by Crippen LogP contribution is 2.16. The van der Waals surface area contributed by atoms with Gasteiger partial charge in [-0.25, -0.2) is 4.39 Å². The van der Waals surface area contributed by atoms with Crippen LogP contribution in [0.1, 0.15) is 24.8 Å². The Hall–Kier alpha value is -0.650. The maximum atomic E-state index is 13.3. The predicted octanol–water partition coefficient (Wildman–Crippen LogP) is 2.77. The molecule has 2 rings (SSSR count). The van der Waals surface area contributed by atoms with Gasteiger partial charge in [-0.05, 0) is 53.0 Å². The van der Waals surface area contributed by atoms with Gasteiger partial charge in [0.15, 0.2) is 0 Å². The molecule has 1 atom stereocenters. The zero-order valence-electron chi connectivity index (χ0n) is 10.4. The SMILES string of the molecule is Cl.O=C(CC1CCCN1)NCc1ccc(Br)c(F)c1. The van der Waals surface area contributed by atoms with Crippen molar-refractivity contribution in [2.24, 2.45) is 0 Å². The Labute approximate surface area is 126 Å². The van der Waals surface area contributed by atoms with E-state index in [0.29, 0.717) is 23.5 Å². The van der Waals surface area contributed by atoms with E-state index in [1.807, 2.05) is 0 Å². The molecule has 6 heteroatoms. The van der Waals surface area contributed by atoms with Crippen LogP contribution < -0.4 is 10.6 Å². The molecule has 1 aromatic rings. The van der Waals surface area contributed by atoms with Crippen molar-refractivity contribution in [2.75, 3.05) is 6.54 Å². The first-order valence-corrected chi connectivity index (χ1v) is 6.88. The summed E-state index contributed by atoms with van der Waals surface area (Å²) in [6.45, 7) is 1.37. The van der Waals surface area contributed by atoms with E-state index in [1.54, 1.807) is 12.1 Å². The summed E-state index contributed by atoms with van der Waals surface area (Å²) in [6.07, 6.45) is 2.69. The summed E-state index contributed by atoms with van der Waals surface area (Å²) in [6, 6.07) is 5.17. The maximum absolute atomic E-state index is 13.3. The second-order valence-electron chi connectivity index (χ2n) is 4.52. The molecule has 3 nitrogen and oxygen atoms in total. The quantitative estimate of drug-likeness (QED) is 0.876. The molecule has 1 unspecified atom stereocenters. The lowest BCUT2D eigenvalue weighted by Crippen LogP contribution is -2.31. The number of rotatable bonds is 4. The molecule has 1 amide bonds. The maximum Gasteiger partial charge on any atom is 0.221 e. The third-order valence-corrected chi connectivity index (χ3v) is 3.71. The summed E-state index contributed by atoms with van der Waals surface area (Å²) >= 11 is 3.10. The van der Waals surface area contributed by atoms with Crippen molar-refractivity contribution < 1.29 is 9.18 Å². The molecule has 1 heterocycles. The van der Waals surface area contributed by atoms with Gasteiger partial charge in [0.2, 0.25) is 5.91 Å². The topological polar surface area (TPSA) is 41.1 Å². The third-order valence-electron chi connectivity index (χ3n) is 3.07. The Morgan fingerprint density at radius 2 is 2.32 bits per heavy atom. The Balaban J connectivity index is 0.00000180. The van der Waals surface area contributed by atoms with Crippen molar-refractivity contribution in [2.45, 2.75) is 31.8 Å². The van der Waals surface area contributed by atoms with Crippen molar-refractivity contribution in [1.82, 2.24) is 10.6 Å². The first-order valence-electron chi connectivity index (χ1n) is 6.09. The Kier molecular flexibility index (Phi) is 6.75. The molecule has 0 radical (unpaired) electrons. The zero-order valence-corrected chi connectivity index (χ0v) is 12.8. The molecule has 1 aliphatic heterocycles. The van der Waals surface area contributed by atoms with Crippen LogP contribution in [0.3, 0.4) is 0 Å². The predicted molar refractivity (Wildman–Crippen MR) is 78.8 cm³/mol. The van der Waals surface area contributed by atoms with Gasteiger partial charge >= 0.3 is 0 Å². The highest BCUT2D eigenvalue weighted by atomic mass is 79.9. The van der Waals surface area contributed by atoms with Gasteiger partial charge in [-0.2, -0.15) is 0 Å². The first-order chi connectivity index (χ1) is 8.65. The van der Waals surface area contributed by atoms with Crippen LogP contribution >= 0.6 is 28.3 Å². The summed E-state index contributed by atoms with van der Waals surface area (Å²) < 4.78 is 13.7. The Morgan fingerprint density at radius 1 is 1.53 bits per heavy atom. The summed E-state index contributed by atoms with van der Waals surface area (Å²) in [7, 11) is 0. The molecule has 0 bridgehead atoms. The van der Waals surface area contributed by atoms with E-state index < -0.39 is 0 Å². The molecule has 1 aliphatic rings. The van der Waals surface area contributed by atoms with Crippen molar-refractivity contribution >= 4 is 34.2 Å². The lowest BCUT2D eigenvalue weighted by Gasteiger charge is -2.10. The van der Waals surface area contributed by atoms with Crippen LogP contribution in [0, 0.1) is 5.82 Å². The molecule has 0 saturated carbocycles. The standard InChI is InChI=1S/C13H16BrFN2O.ClH/c14-11-4-3-9(6-12(11)15)8-17-13(18)7-10-2-1-5-16-10;/h3-4,6,10,16H,1-2,5,7-8H2,(H,17,18);1H. The molecule has 0 spiro atoms. The van der Waals surface area contributed by atoms with E-state index in [2.05, 4.69) is 26.6 Å². The van der Waals surface area contributed by atoms with Crippen LogP contribution in [-0.2, 0) is 11.3 Å². The largest absolute Gasteiger partial charge is 0.352 e. The van der Waals surface area contributed by atoms with E-state index in [-0.39, 0.29) is 24.1 Å². The van der Waals surface area contributed by atoms with Gasteiger partial charge in [0.1, 0.15) is 5.82 Å². The normalized spacial score (nSPS) is 17.9. The minimum atomic E-state index is -0.306. The van der Waals surface area contributed by atoms with Crippen molar-refractivity contribution in [3.63, 3.8) is 0 Å². The Morgan fingerprint density at radius 3 is 2.95 bits per heavy atom. The van der Waals surface area contributed by atoms with Gasteiger partial charge in [-0.1, -0.05) is 6.07 Å². The highest BCUT2D eigenvalue weighted by Gasteiger charge is 2.17. The van der Waals surface area contributed by atoms with Gasteiger partial charge in [0, 0.05) is 19.0 Å². The number of benzene rings is 1. The summed E-state index contributed by atoms with van der Waals surface area (Å²) in [5.41, 5.74) is 0.767. The van der Waals surface area contributed by atoms with E-state index >= 15 is 0 Å². The van der Waals surface area contributed by atoms with E-state index in [4.69, 9.17) is 0 Å². The van der Waals surface area contributed by atoms with Gasteiger partial charge in [-0.15, -0.1) is 12.4 Å². The molecule has 1 fully saturated rings. The zero-order chi connectivity index (χ0) is 13.0. The molecular formula is C13H17BrClFN2O. The van der Waals surface area contributed by atoms with E-state index in [9.17, 15) is 9.18 Å². The van der Waals surface area contributed by atoms with Crippen LogP contribution in [0.4, 0.5) is 4.39 Å². The number of amides is 1. The van der Waals surface area contributed by atoms with E-state index in [0.717, 1.165) is 24.9 Å². The summed E-state index contributed by atoms with van der Waals surface area (Å²) in [5.74, 6) is -0.295. The van der Waals surface area contributed by atoms with Crippen LogP contribution in [0.25, 0.3) is 0 Å². The molecule has 106 valence electrons. The lowest BCUT2D eigenvalue weighted by molar-refractivity contribution is -0.121. The average molecular weight is 352 g/mol. The van der Waals surface area contributed by atoms with Crippen molar-refractivity contribution in [1.29, 1.82) is 0 Å². The molecule has 1 saturated heterocycles. The summed E-state index contributed by atoms with van der Waals surface area (Å²) in [5, 5.41) is 6.09.